The fraction of sp³-hybridized carbons (Fsp3) is 0.208. The molecule has 3 aromatic rings. The fourth-order valence-corrected chi connectivity index (χ4v) is 10.6. The van der Waals surface area contributed by atoms with Crippen molar-refractivity contribution in [3.8, 4) is 0 Å². The van der Waals surface area contributed by atoms with Crippen LogP contribution in [0.4, 0.5) is 0 Å². The third-order valence-electron chi connectivity index (χ3n) is 4.99. The molecule has 3 aromatic carbocycles. The van der Waals surface area contributed by atoms with E-state index < -0.39 is 7.26 Å². The molecule has 0 saturated heterocycles. The van der Waals surface area contributed by atoms with Crippen LogP contribution in [-0.4, -0.2) is 27.8 Å². The summed E-state index contributed by atoms with van der Waals surface area (Å²) in [5.74, 6) is 0. The number of hydrogen-bond acceptors (Lipinski definition) is 2. The molecule has 152 valence electrons. The van der Waals surface area contributed by atoms with E-state index in [4.69, 9.17) is 12.2 Å². The van der Waals surface area contributed by atoms with Crippen LogP contribution >= 0.6 is 31.2 Å². The lowest BCUT2D eigenvalue weighted by molar-refractivity contribution is -0.00000545. The van der Waals surface area contributed by atoms with Crippen LogP contribution in [0.3, 0.4) is 0 Å². The van der Waals surface area contributed by atoms with Crippen molar-refractivity contribution in [2.24, 2.45) is 0 Å². The lowest BCUT2D eigenvalue weighted by atomic mass is 10.4. The van der Waals surface area contributed by atoms with Crippen LogP contribution in [0.2, 0.25) is 0 Å². The lowest BCUT2D eigenvalue weighted by Crippen LogP contribution is -3.00. The van der Waals surface area contributed by atoms with E-state index in [9.17, 15) is 0 Å². The van der Waals surface area contributed by atoms with E-state index in [0.717, 1.165) is 22.9 Å². The number of halogens is 1. The van der Waals surface area contributed by atoms with Crippen LogP contribution < -0.4 is 39.9 Å². The van der Waals surface area contributed by atoms with E-state index in [-0.39, 0.29) is 24.0 Å². The van der Waals surface area contributed by atoms with Gasteiger partial charge in [0.25, 0.3) is 0 Å². The Kier molecular flexibility index (Phi) is 10.1. The Labute approximate surface area is 202 Å². The van der Waals surface area contributed by atoms with Crippen molar-refractivity contribution < 1.29 is 24.0 Å². The molecule has 0 radical (unpaired) electrons. The Bertz CT molecular complexity index is 774. The number of thiocarbonyl (C=S) groups is 1. The first-order valence-electron chi connectivity index (χ1n) is 9.69. The Balaban J connectivity index is 0.00000300. The smallest absolute Gasteiger partial charge is 0.139 e. The van der Waals surface area contributed by atoms with Crippen molar-refractivity contribution in [2.45, 2.75) is 13.8 Å². The van der Waals surface area contributed by atoms with E-state index in [1.807, 2.05) is 11.8 Å². The van der Waals surface area contributed by atoms with Gasteiger partial charge in [-0.1, -0.05) is 78.6 Å². The number of rotatable bonds is 7. The number of benzene rings is 3. The zero-order valence-electron chi connectivity index (χ0n) is 16.9. The molecule has 0 aliphatic heterocycles. The van der Waals surface area contributed by atoms with Gasteiger partial charge in [0.2, 0.25) is 0 Å². The second-order valence-corrected chi connectivity index (χ2v) is 12.1. The SMILES string of the molecule is CCN(CC)C(=S)SC[P+](c1ccccc1)(c1ccccc1)c1ccccc1.[I-]. The normalized spacial score (nSPS) is 10.8. The van der Waals surface area contributed by atoms with Crippen LogP contribution in [0.1, 0.15) is 13.8 Å². The van der Waals surface area contributed by atoms with Gasteiger partial charge < -0.3 is 28.9 Å². The topological polar surface area (TPSA) is 3.24 Å². The molecule has 0 saturated carbocycles. The van der Waals surface area contributed by atoms with Crippen molar-refractivity contribution >= 4 is 51.5 Å². The molecule has 0 N–H and O–H groups in total. The Hall–Kier alpha value is -0.940. The van der Waals surface area contributed by atoms with E-state index >= 15 is 0 Å². The van der Waals surface area contributed by atoms with Gasteiger partial charge in [-0.05, 0) is 50.2 Å². The van der Waals surface area contributed by atoms with Crippen LogP contribution in [0.25, 0.3) is 0 Å². The third kappa shape index (κ3) is 5.61. The van der Waals surface area contributed by atoms with Crippen LogP contribution in [-0.2, 0) is 0 Å². The van der Waals surface area contributed by atoms with Crippen LogP contribution in [0.15, 0.2) is 91.0 Å². The largest absolute Gasteiger partial charge is 1.00 e. The second kappa shape index (κ2) is 12.0. The molecule has 0 atom stereocenters. The highest BCUT2D eigenvalue weighted by atomic mass is 127. The quantitative estimate of drug-likeness (QED) is 0.252. The predicted octanol–water partition coefficient (Wildman–Crippen LogP) is 2.30. The van der Waals surface area contributed by atoms with E-state index in [2.05, 4.69) is 110 Å². The Morgan fingerprint density at radius 3 is 1.38 bits per heavy atom. The lowest BCUT2D eigenvalue weighted by Gasteiger charge is -2.29. The van der Waals surface area contributed by atoms with E-state index in [1.165, 1.54) is 15.9 Å². The summed E-state index contributed by atoms with van der Waals surface area (Å²) in [7, 11) is -1.82. The van der Waals surface area contributed by atoms with Gasteiger partial charge in [-0.3, -0.25) is 0 Å². The van der Waals surface area contributed by atoms with Gasteiger partial charge in [0, 0.05) is 13.1 Å². The standard InChI is InChI=1S/C24H27NPS2.HI/c1-3-25(4-2)24(27)28-20-26(21-14-8-5-9-15-21,22-16-10-6-11-17-22)23-18-12-7-13-19-23;/h5-19H,3-4,20H2,1-2H3;1H/q+1;/p-1. The average molecular weight is 551 g/mol. The van der Waals surface area contributed by atoms with E-state index in [1.54, 1.807) is 0 Å². The van der Waals surface area contributed by atoms with Crippen molar-refractivity contribution in [1.29, 1.82) is 0 Å². The monoisotopic (exact) mass is 551 g/mol. The zero-order chi connectivity index (χ0) is 19.8. The second-order valence-electron chi connectivity index (χ2n) is 6.53. The van der Waals surface area contributed by atoms with Crippen molar-refractivity contribution in [3.05, 3.63) is 91.0 Å². The summed E-state index contributed by atoms with van der Waals surface area (Å²) in [6.45, 7) is 6.25. The molecule has 0 aromatic heterocycles. The van der Waals surface area contributed by atoms with E-state index in [0.29, 0.717) is 0 Å². The van der Waals surface area contributed by atoms with Crippen molar-refractivity contribution in [2.75, 3.05) is 18.6 Å². The predicted molar refractivity (Wildman–Crippen MR) is 133 cm³/mol. The highest BCUT2D eigenvalue weighted by Gasteiger charge is 2.45. The van der Waals surface area contributed by atoms with Gasteiger partial charge in [-0.2, -0.15) is 0 Å². The Morgan fingerprint density at radius 1 is 0.724 bits per heavy atom. The third-order valence-corrected chi connectivity index (χ3v) is 11.7. The summed E-state index contributed by atoms with van der Waals surface area (Å²) in [6, 6.07) is 33.0. The molecule has 5 heteroatoms. The summed E-state index contributed by atoms with van der Waals surface area (Å²) in [5, 5.41) is 4.21. The Morgan fingerprint density at radius 2 is 1.07 bits per heavy atom. The molecular weight excluding hydrogens is 524 g/mol. The average Bonchev–Trinajstić information content (AvgIpc) is 2.77. The molecule has 3 rings (SSSR count). The minimum atomic E-state index is -1.82. The zero-order valence-corrected chi connectivity index (χ0v) is 21.6. The molecular formula is C24H27INPS2. The summed E-state index contributed by atoms with van der Waals surface area (Å²) >= 11 is 7.63. The molecule has 0 amide bonds. The van der Waals surface area contributed by atoms with Gasteiger partial charge >= 0.3 is 0 Å². The summed E-state index contributed by atoms with van der Waals surface area (Å²) in [4.78, 5) is 2.27. The number of nitrogens with zero attached hydrogens (tertiary/aromatic N) is 1. The molecule has 0 spiro atoms. The molecule has 0 aliphatic carbocycles. The first-order chi connectivity index (χ1) is 13.7. The maximum atomic E-state index is 5.80. The summed E-state index contributed by atoms with van der Waals surface area (Å²) in [5.41, 5.74) is 0.973. The minimum absolute atomic E-state index is 0. The molecule has 1 nitrogen and oxygen atoms in total. The molecule has 0 aliphatic rings. The van der Waals surface area contributed by atoms with Gasteiger partial charge in [-0.25, -0.2) is 0 Å². The highest BCUT2D eigenvalue weighted by Crippen LogP contribution is 2.57. The first kappa shape index (κ1) is 24.3. The van der Waals surface area contributed by atoms with Crippen molar-refractivity contribution in [3.63, 3.8) is 0 Å². The van der Waals surface area contributed by atoms with Crippen LogP contribution in [0.5, 0.6) is 0 Å². The van der Waals surface area contributed by atoms with Gasteiger partial charge in [0.1, 0.15) is 33.0 Å². The first-order valence-corrected chi connectivity index (χ1v) is 13.1. The van der Waals surface area contributed by atoms with Crippen molar-refractivity contribution in [1.82, 2.24) is 4.90 Å². The summed E-state index contributed by atoms with van der Waals surface area (Å²) < 4.78 is 0.997. The molecule has 0 fully saturated rings. The van der Waals surface area contributed by atoms with Crippen LogP contribution in [0, 0.1) is 0 Å². The molecule has 0 unspecified atom stereocenters. The molecule has 0 heterocycles. The van der Waals surface area contributed by atoms with Gasteiger partial charge in [-0.15, -0.1) is 0 Å². The van der Waals surface area contributed by atoms with Gasteiger partial charge in [0.15, 0.2) is 0 Å². The fourth-order valence-electron chi connectivity index (χ4n) is 3.44. The maximum absolute atomic E-state index is 5.80. The molecule has 29 heavy (non-hydrogen) atoms. The minimum Gasteiger partial charge on any atom is -1.00 e. The summed E-state index contributed by atoms with van der Waals surface area (Å²) in [6.07, 6.45) is 0. The number of thioether (sulfide) groups is 1. The molecule has 0 bridgehead atoms. The maximum Gasteiger partial charge on any atom is 0.139 e. The van der Waals surface area contributed by atoms with Gasteiger partial charge in [0.05, 0.1) is 0 Å². The number of hydrogen-bond donors (Lipinski definition) is 0. The highest BCUT2D eigenvalue weighted by molar-refractivity contribution is 8.28.